The molecule has 200 valence electrons. The first-order chi connectivity index (χ1) is 18.8. The molecule has 2 aromatic carbocycles. The van der Waals surface area contributed by atoms with Crippen molar-refractivity contribution in [3.63, 3.8) is 0 Å². The Labute approximate surface area is 234 Å². The van der Waals surface area contributed by atoms with Crippen LogP contribution in [0.2, 0.25) is 0 Å². The van der Waals surface area contributed by atoms with Gasteiger partial charge in [0.15, 0.2) is 5.11 Å². The Morgan fingerprint density at radius 2 is 1.82 bits per heavy atom. The third kappa shape index (κ3) is 5.00. The lowest BCUT2D eigenvalue weighted by molar-refractivity contribution is -0.114. The second-order valence-electron chi connectivity index (χ2n) is 9.74. The van der Waals surface area contributed by atoms with Crippen LogP contribution in [0.5, 0.6) is 5.75 Å². The number of anilines is 2. The Morgan fingerprint density at radius 1 is 1.08 bits per heavy atom. The van der Waals surface area contributed by atoms with Crippen LogP contribution < -0.4 is 20.3 Å². The van der Waals surface area contributed by atoms with E-state index in [1.807, 2.05) is 36.4 Å². The molecule has 1 saturated heterocycles. The highest BCUT2D eigenvalue weighted by Gasteiger charge is 2.42. The second-order valence-corrected chi connectivity index (χ2v) is 10.1. The fourth-order valence-electron chi connectivity index (χ4n) is 5.45. The van der Waals surface area contributed by atoms with E-state index >= 15 is 0 Å². The van der Waals surface area contributed by atoms with E-state index in [0.29, 0.717) is 16.5 Å². The molecule has 8 heteroatoms. The first-order valence-corrected chi connectivity index (χ1v) is 13.5. The molecule has 1 fully saturated rings. The maximum atomic E-state index is 11.9. The average Bonchev–Trinajstić information content (AvgIpc) is 3.43. The number of pyridine rings is 1. The Balaban J connectivity index is 1.66. The third-order valence-electron chi connectivity index (χ3n) is 7.26. The Morgan fingerprint density at radius 3 is 2.46 bits per heavy atom. The van der Waals surface area contributed by atoms with Gasteiger partial charge < -0.3 is 24.8 Å². The summed E-state index contributed by atoms with van der Waals surface area (Å²) in [7, 11) is 1.59. The molecule has 2 aromatic heterocycles. The average molecular weight is 540 g/mol. The lowest BCUT2D eigenvalue weighted by atomic mass is 9.96. The lowest BCUT2D eigenvalue weighted by Gasteiger charge is -2.29. The molecule has 3 heterocycles. The first-order valence-electron chi connectivity index (χ1n) is 13.1. The summed E-state index contributed by atoms with van der Waals surface area (Å²) >= 11 is 5.93. The Kier molecular flexibility index (Phi) is 7.39. The van der Waals surface area contributed by atoms with Gasteiger partial charge >= 0.3 is 0 Å². The number of amides is 1. The smallest absolute Gasteiger partial charge is 0.221 e. The maximum absolute atomic E-state index is 11.9. The number of aryl methyl sites for hydroxylation is 2. The van der Waals surface area contributed by atoms with E-state index in [1.165, 1.54) is 12.5 Å². The Hall–Kier alpha value is -4.17. The molecule has 1 amide bonds. The molecule has 5 rings (SSSR count). The number of carbonyl (C=O) groups is 1. The number of aromatic nitrogens is 2. The predicted octanol–water partition coefficient (Wildman–Crippen LogP) is 6.20. The van der Waals surface area contributed by atoms with Gasteiger partial charge in [0.2, 0.25) is 5.91 Å². The number of nitrogens with one attached hydrogen (secondary N) is 2. The van der Waals surface area contributed by atoms with Gasteiger partial charge in [0.1, 0.15) is 5.75 Å². The molecule has 39 heavy (non-hydrogen) atoms. The van der Waals surface area contributed by atoms with E-state index in [9.17, 15) is 4.79 Å². The number of carbonyl (C=O) groups excluding carboxylic acids is 1. The van der Waals surface area contributed by atoms with Gasteiger partial charge in [-0.05, 0) is 92.1 Å². The van der Waals surface area contributed by atoms with Gasteiger partial charge in [0.05, 0.1) is 30.6 Å². The van der Waals surface area contributed by atoms with Gasteiger partial charge in [-0.2, -0.15) is 0 Å². The van der Waals surface area contributed by atoms with E-state index in [0.717, 1.165) is 40.4 Å². The molecule has 0 saturated carbocycles. The number of rotatable bonds is 7. The fraction of sp³-hybridized carbons (Fsp3) is 0.258. The summed E-state index contributed by atoms with van der Waals surface area (Å²) in [5.74, 6) is 0.409. The quantitative estimate of drug-likeness (QED) is 0.273. The van der Waals surface area contributed by atoms with E-state index in [2.05, 4.69) is 76.2 Å². The molecule has 0 bridgehead atoms. The first kappa shape index (κ1) is 26.4. The minimum atomic E-state index is -0.180. The molecule has 0 aliphatic carbocycles. The molecule has 4 aromatic rings. The standard InChI is InChI=1S/C31H33N5O2S/c1-6-22-10-12-23(13-11-22)35-19(2)17-25(20(35)3)30-29(26-9-7-8-16-32-26)34-31(39)36(30)24-14-15-28(38-5)27(18-24)33-21(4)37/h7-18,29-30H,6H2,1-5H3,(H,33,37)(H,34,39). The monoisotopic (exact) mass is 539 g/mol. The SMILES string of the molecule is CCc1ccc(-n2c(C)cc(C3C(c4ccccn4)NC(=S)N3c3ccc(OC)c(NC(C)=O)c3)c2C)cc1. The van der Waals surface area contributed by atoms with Gasteiger partial charge in [-0.1, -0.05) is 25.1 Å². The van der Waals surface area contributed by atoms with Crippen LogP contribution >= 0.6 is 12.2 Å². The van der Waals surface area contributed by atoms with Gasteiger partial charge in [0.25, 0.3) is 0 Å². The summed E-state index contributed by atoms with van der Waals surface area (Å²) in [4.78, 5) is 18.7. The van der Waals surface area contributed by atoms with Crippen LogP contribution in [0, 0.1) is 13.8 Å². The highest BCUT2D eigenvalue weighted by atomic mass is 32.1. The number of hydrogen-bond acceptors (Lipinski definition) is 4. The molecule has 2 N–H and O–H groups in total. The number of hydrogen-bond donors (Lipinski definition) is 2. The summed E-state index contributed by atoms with van der Waals surface area (Å²) in [5.41, 5.74) is 8.19. The van der Waals surface area contributed by atoms with E-state index in [4.69, 9.17) is 17.0 Å². The van der Waals surface area contributed by atoms with Crippen LogP contribution in [0.15, 0.2) is 72.9 Å². The minimum Gasteiger partial charge on any atom is -0.495 e. The normalized spacial score (nSPS) is 16.7. The number of benzene rings is 2. The van der Waals surface area contributed by atoms with Crippen LogP contribution in [0.1, 0.15) is 54.1 Å². The zero-order valence-electron chi connectivity index (χ0n) is 22.9. The molecule has 1 aliphatic heterocycles. The summed E-state index contributed by atoms with van der Waals surface area (Å²) in [6.07, 6.45) is 2.81. The maximum Gasteiger partial charge on any atom is 0.221 e. The van der Waals surface area contributed by atoms with Gasteiger partial charge in [0, 0.05) is 35.9 Å². The summed E-state index contributed by atoms with van der Waals surface area (Å²) < 4.78 is 7.79. The topological polar surface area (TPSA) is 71.4 Å². The highest BCUT2D eigenvalue weighted by molar-refractivity contribution is 7.80. The third-order valence-corrected chi connectivity index (χ3v) is 7.58. The van der Waals surface area contributed by atoms with Crippen LogP contribution in [0.4, 0.5) is 11.4 Å². The summed E-state index contributed by atoms with van der Waals surface area (Å²) in [5, 5.41) is 7.01. The van der Waals surface area contributed by atoms with E-state index in [-0.39, 0.29) is 18.0 Å². The van der Waals surface area contributed by atoms with Crippen molar-refractivity contribution >= 4 is 34.6 Å². The summed E-state index contributed by atoms with van der Waals surface area (Å²) in [6, 6.07) is 22.3. The lowest BCUT2D eigenvalue weighted by Crippen LogP contribution is -2.29. The molecular weight excluding hydrogens is 506 g/mol. The fourth-order valence-corrected chi connectivity index (χ4v) is 5.79. The number of thiocarbonyl (C=S) groups is 1. The molecule has 2 unspecified atom stereocenters. The van der Waals surface area contributed by atoms with Crippen molar-refractivity contribution in [2.45, 2.75) is 46.2 Å². The molecule has 0 spiro atoms. The van der Waals surface area contributed by atoms with Gasteiger partial charge in [-0.3, -0.25) is 9.78 Å². The largest absolute Gasteiger partial charge is 0.495 e. The summed E-state index contributed by atoms with van der Waals surface area (Å²) in [6.45, 7) is 7.93. The molecule has 0 radical (unpaired) electrons. The molecule has 1 aliphatic rings. The van der Waals surface area contributed by atoms with E-state index < -0.39 is 0 Å². The van der Waals surface area contributed by atoms with Crippen LogP contribution in [0.25, 0.3) is 5.69 Å². The van der Waals surface area contributed by atoms with Crippen molar-refractivity contribution in [1.82, 2.24) is 14.9 Å². The van der Waals surface area contributed by atoms with Crippen LogP contribution in [-0.2, 0) is 11.2 Å². The zero-order valence-corrected chi connectivity index (χ0v) is 23.7. The van der Waals surface area contributed by atoms with Crippen molar-refractivity contribution in [1.29, 1.82) is 0 Å². The molecule has 7 nitrogen and oxygen atoms in total. The Bertz CT molecular complexity index is 1510. The van der Waals surface area contributed by atoms with Crippen molar-refractivity contribution in [2.24, 2.45) is 0 Å². The number of ether oxygens (including phenoxy) is 1. The van der Waals surface area contributed by atoms with E-state index in [1.54, 1.807) is 13.3 Å². The van der Waals surface area contributed by atoms with Crippen molar-refractivity contribution < 1.29 is 9.53 Å². The van der Waals surface area contributed by atoms with Crippen molar-refractivity contribution in [2.75, 3.05) is 17.3 Å². The number of methoxy groups -OCH3 is 1. The minimum absolute atomic E-state index is 0.173. The van der Waals surface area contributed by atoms with Crippen molar-refractivity contribution in [3.05, 3.63) is 101 Å². The predicted molar refractivity (Wildman–Crippen MR) is 160 cm³/mol. The van der Waals surface area contributed by atoms with Crippen LogP contribution in [-0.4, -0.2) is 27.7 Å². The second kappa shape index (κ2) is 10.9. The van der Waals surface area contributed by atoms with Gasteiger partial charge in [-0.25, -0.2) is 0 Å². The number of nitrogens with zero attached hydrogens (tertiary/aromatic N) is 3. The molecular formula is C31H33N5O2S. The van der Waals surface area contributed by atoms with Crippen LogP contribution in [0.3, 0.4) is 0 Å². The highest BCUT2D eigenvalue weighted by Crippen LogP contribution is 2.45. The zero-order chi connectivity index (χ0) is 27.7. The molecule has 2 atom stereocenters. The van der Waals surface area contributed by atoms with Gasteiger partial charge in [-0.15, -0.1) is 0 Å². The van der Waals surface area contributed by atoms with Crippen molar-refractivity contribution in [3.8, 4) is 11.4 Å².